The number of halogens is 1. The van der Waals surface area contributed by atoms with Crippen LogP contribution in [0, 0.1) is 0 Å². The van der Waals surface area contributed by atoms with Gasteiger partial charge >= 0.3 is 5.97 Å². The molecular weight excluding hydrogens is 388 g/mol. The zero-order valence-corrected chi connectivity index (χ0v) is 16.4. The number of ether oxygens (including phenoxy) is 1. The summed E-state index contributed by atoms with van der Waals surface area (Å²) in [6, 6.07) is 20.4. The largest absolute Gasteiger partial charge is 0.454 e. The van der Waals surface area contributed by atoms with E-state index in [0.29, 0.717) is 5.56 Å². The highest BCUT2D eigenvalue weighted by molar-refractivity contribution is 6.32. The number of fused-ring (bicyclic) bond motifs is 1. The second-order valence-corrected chi connectivity index (χ2v) is 6.86. The fourth-order valence-corrected chi connectivity index (χ4v) is 3.63. The maximum absolute atomic E-state index is 13.1. The third-order valence-corrected chi connectivity index (χ3v) is 5.05. The standard InChI is InChI=1S/C23H17ClN2O3/c1-26-18-12-6-5-10-16(18)20(21(26)15-8-3-2-4-9-15)19(27)14-29-23(28)17-11-7-13-25-22(17)24/h2-13H,14H2,1H3. The summed E-state index contributed by atoms with van der Waals surface area (Å²) in [6.07, 6.45) is 1.48. The van der Waals surface area contributed by atoms with Crippen molar-refractivity contribution in [2.24, 2.45) is 7.05 Å². The number of pyridine rings is 1. The average Bonchev–Trinajstić information content (AvgIpc) is 3.05. The molecule has 0 spiro atoms. The van der Waals surface area contributed by atoms with Crippen LogP contribution < -0.4 is 0 Å². The third-order valence-electron chi connectivity index (χ3n) is 4.75. The molecule has 2 heterocycles. The van der Waals surface area contributed by atoms with Gasteiger partial charge in [0, 0.05) is 24.1 Å². The van der Waals surface area contributed by atoms with E-state index in [1.54, 1.807) is 6.07 Å². The topological polar surface area (TPSA) is 61.2 Å². The van der Waals surface area contributed by atoms with E-state index in [0.717, 1.165) is 22.2 Å². The number of esters is 1. The number of hydrogen-bond acceptors (Lipinski definition) is 4. The van der Waals surface area contributed by atoms with Crippen molar-refractivity contribution in [3.8, 4) is 11.3 Å². The molecule has 0 aliphatic heterocycles. The van der Waals surface area contributed by atoms with E-state index in [1.165, 1.54) is 12.3 Å². The lowest BCUT2D eigenvalue weighted by Crippen LogP contribution is -2.15. The Balaban J connectivity index is 1.71. The normalized spacial score (nSPS) is 10.8. The number of carbonyl (C=O) groups excluding carboxylic acids is 2. The van der Waals surface area contributed by atoms with E-state index in [4.69, 9.17) is 16.3 Å². The molecule has 2 aromatic carbocycles. The lowest BCUT2D eigenvalue weighted by molar-refractivity contribution is 0.0475. The van der Waals surface area contributed by atoms with E-state index in [9.17, 15) is 9.59 Å². The van der Waals surface area contributed by atoms with Crippen LogP contribution in [0.1, 0.15) is 20.7 Å². The second-order valence-electron chi connectivity index (χ2n) is 6.51. The van der Waals surface area contributed by atoms with E-state index in [-0.39, 0.29) is 16.5 Å². The van der Waals surface area contributed by atoms with Crippen LogP contribution >= 0.6 is 11.6 Å². The second kappa shape index (κ2) is 7.89. The van der Waals surface area contributed by atoms with Crippen molar-refractivity contribution in [2.45, 2.75) is 0 Å². The molecule has 0 saturated heterocycles. The SMILES string of the molecule is Cn1c(-c2ccccc2)c(C(=O)COC(=O)c2cccnc2Cl)c2ccccc21. The summed E-state index contributed by atoms with van der Waals surface area (Å²) in [7, 11) is 1.92. The number of aryl methyl sites for hydroxylation is 1. The summed E-state index contributed by atoms with van der Waals surface area (Å²) >= 11 is 5.94. The van der Waals surface area contributed by atoms with Gasteiger partial charge in [0.25, 0.3) is 0 Å². The smallest absolute Gasteiger partial charge is 0.341 e. The van der Waals surface area contributed by atoms with Crippen LogP contribution in [-0.2, 0) is 11.8 Å². The number of aromatic nitrogens is 2. The Kier molecular flexibility index (Phi) is 5.14. The summed E-state index contributed by atoms with van der Waals surface area (Å²) in [5.41, 5.74) is 3.28. The summed E-state index contributed by atoms with van der Waals surface area (Å²) < 4.78 is 7.24. The molecule has 0 unspecified atom stereocenters. The van der Waals surface area contributed by atoms with Crippen molar-refractivity contribution in [2.75, 3.05) is 6.61 Å². The highest BCUT2D eigenvalue weighted by Crippen LogP contribution is 2.33. The molecule has 0 saturated carbocycles. The number of benzene rings is 2. The average molecular weight is 405 g/mol. The van der Waals surface area contributed by atoms with Gasteiger partial charge in [0.05, 0.1) is 16.8 Å². The van der Waals surface area contributed by atoms with Crippen molar-refractivity contribution in [1.82, 2.24) is 9.55 Å². The molecule has 0 aliphatic rings. The maximum atomic E-state index is 13.1. The van der Waals surface area contributed by atoms with Crippen LogP contribution in [-0.4, -0.2) is 27.9 Å². The van der Waals surface area contributed by atoms with Gasteiger partial charge in [-0.25, -0.2) is 9.78 Å². The molecule has 0 radical (unpaired) electrons. The quantitative estimate of drug-likeness (QED) is 0.269. The summed E-state index contributed by atoms with van der Waals surface area (Å²) in [6.45, 7) is -0.391. The van der Waals surface area contributed by atoms with E-state index in [2.05, 4.69) is 4.98 Å². The van der Waals surface area contributed by atoms with Gasteiger partial charge in [-0.15, -0.1) is 0 Å². The van der Waals surface area contributed by atoms with E-state index < -0.39 is 12.6 Å². The van der Waals surface area contributed by atoms with Gasteiger partial charge in [0.2, 0.25) is 5.78 Å². The first-order chi connectivity index (χ1) is 14.1. The monoisotopic (exact) mass is 404 g/mol. The lowest BCUT2D eigenvalue weighted by Gasteiger charge is -2.09. The molecule has 4 rings (SSSR count). The highest BCUT2D eigenvalue weighted by atomic mass is 35.5. The minimum absolute atomic E-state index is 0.0417. The van der Waals surface area contributed by atoms with Gasteiger partial charge in [-0.3, -0.25) is 4.79 Å². The third kappa shape index (κ3) is 3.52. The summed E-state index contributed by atoms with van der Waals surface area (Å²) in [4.78, 5) is 29.3. The summed E-state index contributed by atoms with van der Waals surface area (Å²) in [5, 5.41) is 0.856. The Morgan fingerprint density at radius 1 is 1.00 bits per heavy atom. The van der Waals surface area contributed by atoms with Gasteiger partial charge < -0.3 is 9.30 Å². The molecular formula is C23H17ClN2O3. The molecule has 0 bridgehead atoms. The molecule has 0 atom stereocenters. The number of hydrogen-bond donors (Lipinski definition) is 0. The van der Waals surface area contributed by atoms with Gasteiger partial charge in [-0.1, -0.05) is 60.1 Å². The Hall–Kier alpha value is -3.44. The molecule has 6 heteroatoms. The Bertz CT molecular complexity index is 1220. The number of carbonyl (C=O) groups is 2. The van der Waals surface area contributed by atoms with Gasteiger partial charge in [-0.05, 0) is 23.8 Å². The van der Waals surface area contributed by atoms with Crippen LogP contribution in [0.5, 0.6) is 0 Å². The lowest BCUT2D eigenvalue weighted by atomic mass is 10.0. The van der Waals surface area contributed by atoms with Crippen molar-refractivity contribution >= 4 is 34.3 Å². The molecule has 0 aliphatic carbocycles. The van der Waals surface area contributed by atoms with Gasteiger partial charge in [-0.2, -0.15) is 0 Å². The molecule has 2 aromatic heterocycles. The number of rotatable bonds is 5. The van der Waals surface area contributed by atoms with Crippen LogP contribution in [0.15, 0.2) is 72.9 Å². The van der Waals surface area contributed by atoms with Crippen LogP contribution in [0.2, 0.25) is 5.15 Å². The maximum Gasteiger partial charge on any atom is 0.341 e. The number of ketones is 1. The Morgan fingerprint density at radius 3 is 2.48 bits per heavy atom. The van der Waals surface area contributed by atoms with Gasteiger partial charge in [0.15, 0.2) is 6.61 Å². The highest BCUT2D eigenvalue weighted by Gasteiger charge is 2.23. The van der Waals surface area contributed by atoms with Crippen molar-refractivity contribution in [3.63, 3.8) is 0 Å². The fraction of sp³-hybridized carbons (Fsp3) is 0.0870. The molecule has 0 fully saturated rings. The number of Topliss-reactive ketones (excluding diaryl/α,β-unsaturated/α-hetero) is 1. The van der Waals surface area contributed by atoms with Crippen molar-refractivity contribution in [3.05, 3.63) is 89.2 Å². The fourth-order valence-electron chi connectivity index (χ4n) is 3.43. The molecule has 0 amide bonds. The van der Waals surface area contributed by atoms with Crippen molar-refractivity contribution < 1.29 is 14.3 Å². The number of nitrogens with zero attached hydrogens (tertiary/aromatic N) is 2. The minimum Gasteiger partial charge on any atom is -0.454 e. The molecule has 5 nitrogen and oxygen atoms in total. The Morgan fingerprint density at radius 2 is 1.72 bits per heavy atom. The predicted octanol–water partition coefficient (Wildman–Crippen LogP) is 4.93. The molecule has 4 aromatic rings. The predicted molar refractivity (Wildman–Crippen MR) is 112 cm³/mol. The van der Waals surface area contributed by atoms with Gasteiger partial charge in [0.1, 0.15) is 5.15 Å². The molecule has 0 N–H and O–H groups in total. The van der Waals surface area contributed by atoms with E-state index >= 15 is 0 Å². The van der Waals surface area contributed by atoms with Crippen LogP contribution in [0.3, 0.4) is 0 Å². The molecule has 29 heavy (non-hydrogen) atoms. The zero-order chi connectivity index (χ0) is 20.4. The number of para-hydroxylation sites is 1. The molecule has 144 valence electrons. The minimum atomic E-state index is -0.682. The van der Waals surface area contributed by atoms with Crippen molar-refractivity contribution in [1.29, 1.82) is 0 Å². The van der Waals surface area contributed by atoms with Crippen LogP contribution in [0.25, 0.3) is 22.2 Å². The summed E-state index contributed by atoms with van der Waals surface area (Å²) in [5.74, 6) is -0.966. The Labute approximate surface area is 172 Å². The van der Waals surface area contributed by atoms with E-state index in [1.807, 2.05) is 66.2 Å². The zero-order valence-electron chi connectivity index (χ0n) is 15.6. The first-order valence-electron chi connectivity index (χ1n) is 9.01. The first-order valence-corrected chi connectivity index (χ1v) is 9.39. The first kappa shape index (κ1) is 18.9. The van der Waals surface area contributed by atoms with Crippen LogP contribution in [0.4, 0.5) is 0 Å².